The van der Waals surface area contributed by atoms with Gasteiger partial charge in [-0.05, 0) is 24.6 Å². The van der Waals surface area contributed by atoms with Crippen molar-refractivity contribution in [2.75, 3.05) is 0 Å². The Bertz CT molecular complexity index is 364. The Labute approximate surface area is 80.4 Å². The van der Waals surface area contributed by atoms with Gasteiger partial charge in [0.25, 0.3) is 0 Å². The Morgan fingerprint density at radius 1 is 1.36 bits per heavy atom. The van der Waals surface area contributed by atoms with Crippen LogP contribution in [0.15, 0.2) is 24.3 Å². The predicted molar refractivity (Wildman–Crippen MR) is 46.2 cm³/mol. The highest BCUT2D eigenvalue weighted by Crippen LogP contribution is 2.29. The van der Waals surface area contributed by atoms with Crippen LogP contribution >= 0.6 is 0 Å². The number of benzene rings is 1. The number of ether oxygens (including phenoxy) is 2. The molecule has 0 aliphatic carbocycles. The molecule has 0 bridgehead atoms. The van der Waals surface area contributed by atoms with E-state index in [1.165, 1.54) is 12.1 Å². The van der Waals surface area contributed by atoms with Crippen LogP contribution in [0.25, 0.3) is 0 Å². The lowest BCUT2D eigenvalue weighted by Gasteiger charge is -2.10. The maximum absolute atomic E-state index is 12.9. The fourth-order valence-electron chi connectivity index (χ4n) is 1.46. The lowest BCUT2D eigenvalue weighted by atomic mass is 10.1. The lowest BCUT2D eigenvalue weighted by molar-refractivity contribution is 0.117. The number of hydrogen-bond acceptors (Lipinski definition) is 3. The van der Waals surface area contributed by atoms with Crippen LogP contribution in [-0.2, 0) is 9.47 Å². The summed E-state index contributed by atoms with van der Waals surface area (Å²) in [5.41, 5.74) is 0.614. The SMILES string of the molecule is CC1OC(=O)OC1c1cccc(F)c1. The van der Waals surface area contributed by atoms with Crippen molar-refractivity contribution >= 4 is 6.16 Å². The zero-order chi connectivity index (χ0) is 10.1. The van der Waals surface area contributed by atoms with Crippen LogP contribution in [-0.4, -0.2) is 12.3 Å². The third-order valence-corrected chi connectivity index (χ3v) is 2.11. The first-order valence-corrected chi connectivity index (χ1v) is 4.29. The van der Waals surface area contributed by atoms with E-state index in [-0.39, 0.29) is 11.9 Å². The zero-order valence-corrected chi connectivity index (χ0v) is 7.57. The molecule has 0 amide bonds. The van der Waals surface area contributed by atoms with Crippen molar-refractivity contribution in [2.45, 2.75) is 19.1 Å². The van der Waals surface area contributed by atoms with Crippen LogP contribution in [0.5, 0.6) is 0 Å². The van der Waals surface area contributed by atoms with E-state index in [1.54, 1.807) is 19.1 Å². The number of cyclic esters (lactones) is 2. The lowest BCUT2D eigenvalue weighted by Crippen LogP contribution is -2.10. The molecular weight excluding hydrogens is 187 g/mol. The van der Waals surface area contributed by atoms with Crippen LogP contribution < -0.4 is 0 Å². The number of rotatable bonds is 1. The number of halogens is 1. The fourth-order valence-corrected chi connectivity index (χ4v) is 1.46. The second-order valence-electron chi connectivity index (χ2n) is 3.17. The largest absolute Gasteiger partial charge is 0.509 e. The molecule has 0 spiro atoms. The summed E-state index contributed by atoms with van der Waals surface area (Å²) in [6.45, 7) is 1.71. The van der Waals surface area contributed by atoms with Crippen molar-refractivity contribution in [1.82, 2.24) is 0 Å². The first kappa shape index (κ1) is 8.99. The van der Waals surface area contributed by atoms with Crippen LogP contribution in [0.3, 0.4) is 0 Å². The van der Waals surface area contributed by atoms with Crippen LogP contribution in [0.2, 0.25) is 0 Å². The summed E-state index contributed by atoms with van der Waals surface area (Å²) in [6.07, 6.45) is -1.57. The molecule has 1 fully saturated rings. The van der Waals surface area contributed by atoms with E-state index in [1.807, 2.05) is 0 Å². The summed E-state index contributed by atoms with van der Waals surface area (Å²) < 4.78 is 22.5. The first-order chi connectivity index (χ1) is 6.66. The Balaban J connectivity index is 2.27. The topological polar surface area (TPSA) is 35.5 Å². The smallest absolute Gasteiger partial charge is 0.427 e. The first-order valence-electron chi connectivity index (χ1n) is 4.29. The Hall–Kier alpha value is -1.58. The average Bonchev–Trinajstić information content (AvgIpc) is 2.45. The average molecular weight is 196 g/mol. The summed E-state index contributed by atoms with van der Waals surface area (Å²) in [6, 6.07) is 5.95. The normalized spacial score (nSPS) is 25.7. The molecule has 4 heteroatoms. The maximum Gasteiger partial charge on any atom is 0.509 e. The molecule has 74 valence electrons. The minimum atomic E-state index is -0.702. The third kappa shape index (κ3) is 1.55. The Morgan fingerprint density at radius 3 is 2.71 bits per heavy atom. The molecule has 0 radical (unpaired) electrons. The van der Waals surface area contributed by atoms with Gasteiger partial charge in [0.15, 0.2) is 6.10 Å². The third-order valence-electron chi connectivity index (χ3n) is 2.11. The molecule has 0 aromatic heterocycles. The van der Waals surface area contributed by atoms with E-state index >= 15 is 0 Å². The second-order valence-corrected chi connectivity index (χ2v) is 3.17. The van der Waals surface area contributed by atoms with E-state index < -0.39 is 12.3 Å². The van der Waals surface area contributed by atoms with Crippen molar-refractivity contribution in [1.29, 1.82) is 0 Å². The Kier molecular flexibility index (Phi) is 2.11. The summed E-state index contributed by atoms with van der Waals surface area (Å²) >= 11 is 0. The molecule has 1 aliphatic heterocycles. The number of carbonyl (C=O) groups excluding carboxylic acids is 1. The quantitative estimate of drug-likeness (QED) is 0.647. The zero-order valence-electron chi connectivity index (χ0n) is 7.57. The molecule has 3 nitrogen and oxygen atoms in total. The summed E-state index contributed by atoms with van der Waals surface area (Å²) in [5.74, 6) is -0.349. The van der Waals surface area contributed by atoms with Crippen molar-refractivity contribution < 1.29 is 18.7 Å². The van der Waals surface area contributed by atoms with Gasteiger partial charge >= 0.3 is 6.16 Å². The molecule has 2 atom stereocenters. The molecule has 0 saturated carbocycles. The summed E-state index contributed by atoms with van der Waals surface area (Å²) in [4.78, 5) is 10.8. The molecule has 1 aromatic carbocycles. The van der Waals surface area contributed by atoms with Crippen LogP contribution in [0.1, 0.15) is 18.6 Å². The van der Waals surface area contributed by atoms with Crippen LogP contribution in [0.4, 0.5) is 9.18 Å². The Morgan fingerprint density at radius 2 is 2.14 bits per heavy atom. The van der Waals surface area contributed by atoms with Gasteiger partial charge in [0.05, 0.1) is 0 Å². The van der Waals surface area contributed by atoms with Gasteiger partial charge in [0.1, 0.15) is 11.9 Å². The van der Waals surface area contributed by atoms with E-state index in [9.17, 15) is 9.18 Å². The van der Waals surface area contributed by atoms with E-state index in [0.29, 0.717) is 5.56 Å². The van der Waals surface area contributed by atoms with Crippen molar-refractivity contribution in [3.63, 3.8) is 0 Å². The van der Waals surface area contributed by atoms with E-state index in [4.69, 9.17) is 9.47 Å². The van der Waals surface area contributed by atoms with Gasteiger partial charge in [-0.1, -0.05) is 12.1 Å². The van der Waals surface area contributed by atoms with Gasteiger partial charge in [-0.15, -0.1) is 0 Å². The predicted octanol–water partition coefficient (Wildman–Crippen LogP) is 2.42. The van der Waals surface area contributed by atoms with E-state index in [0.717, 1.165) is 0 Å². The molecule has 1 heterocycles. The maximum atomic E-state index is 12.9. The van der Waals surface area contributed by atoms with Crippen molar-refractivity contribution in [3.05, 3.63) is 35.6 Å². The van der Waals surface area contributed by atoms with Crippen LogP contribution in [0, 0.1) is 5.82 Å². The standard InChI is InChI=1S/C10H9FO3/c1-6-9(14-10(12)13-6)7-3-2-4-8(11)5-7/h2-6,9H,1H3. The fraction of sp³-hybridized carbons (Fsp3) is 0.300. The molecule has 14 heavy (non-hydrogen) atoms. The minimum Gasteiger partial charge on any atom is -0.427 e. The minimum absolute atomic E-state index is 0.349. The second kappa shape index (κ2) is 3.29. The van der Waals surface area contributed by atoms with Gasteiger partial charge < -0.3 is 9.47 Å². The highest BCUT2D eigenvalue weighted by molar-refractivity contribution is 5.63. The monoisotopic (exact) mass is 196 g/mol. The molecule has 1 aliphatic rings. The summed E-state index contributed by atoms with van der Waals surface area (Å²) in [7, 11) is 0. The highest BCUT2D eigenvalue weighted by Gasteiger charge is 2.34. The molecule has 1 saturated heterocycles. The van der Waals surface area contributed by atoms with Gasteiger partial charge in [-0.3, -0.25) is 0 Å². The van der Waals surface area contributed by atoms with Crippen molar-refractivity contribution in [2.24, 2.45) is 0 Å². The number of carbonyl (C=O) groups is 1. The van der Waals surface area contributed by atoms with Crippen molar-refractivity contribution in [3.8, 4) is 0 Å². The molecule has 1 aromatic rings. The van der Waals surface area contributed by atoms with Gasteiger partial charge in [0.2, 0.25) is 0 Å². The number of hydrogen-bond donors (Lipinski definition) is 0. The molecule has 2 unspecified atom stereocenters. The van der Waals surface area contributed by atoms with Gasteiger partial charge in [-0.2, -0.15) is 0 Å². The highest BCUT2D eigenvalue weighted by atomic mass is 19.1. The van der Waals surface area contributed by atoms with E-state index in [2.05, 4.69) is 0 Å². The molecule has 2 rings (SSSR count). The summed E-state index contributed by atoms with van der Waals surface area (Å²) in [5, 5.41) is 0. The van der Waals surface area contributed by atoms with Gasteiger partial charge in [-0.25, -0.2) is 9.18 Å². The molecular formula is C10H9FO3. The van der Waals surface area contributed by atoms with Gasteiger partial charge in [0, 0.05) is 0 Å². The molecule has 0 N–H and O–H groups in total.